The van der Waals surface area contributed by atoms with E-state index in [2.05, 4.69) is 0 Å². The van der Waals surface area contributed by atoms with Crippen LogP contribution in [0.25, 0.3) is 0 Å². The van der Waals surface area contributed by atoms with E-state index in [4.69, 9.17) is 16.7 Å². The van der Waals surface area contributed by atoms with Crippen molar-refractivity contribution in [1.82, 2.24) is 0 Å². The third-order valence-electron chi connectivity index (χ3n) is 1.54. The molecular weight excluding hydrogens is 212 g/mol. The molecule has 5 heteroatoms. The summed E-state index contributed by atoms with van der Waals surface area (Å²) in [6, 6.07) is 3.11. The Balaban J connectivity index is 2.79. The maximum atomic E-state index is 11.3. The number of aliphatic hydroxyl groups is 2. The number of rotatable bonds is 3. The summed E-state index contributed by atoms with van der Waals surface area (Å²) >= 11 is 6.70. The largest absolute Gasteiger partial charge is 0.390 e. The highest BCUT2D eigenvalue weighted by atomic mass is 35.5. The molecule has 0 amide bonds. The van der Waals surface area contributed by atoms with Gasteiger partial charge in [-0.2, -0.15) is 0 Å². The van der Waals surface area contributed by atoms with Crippen molar-refractivity contribution < 1.29 is 15.0 Å². The van der Waals surface area contributed by atoms with Crippen LogP contribution in [0.15, 0.2) is 12.1 Å². The highest BCUT2D eigenvalue weighted by molar-refractivity contribution is 7.18. The molecule has 0 saturated carbocycles. The highest BCUT2D eigenvalue weighted by Gasteiger charge is 2.22. The van der Waals surface area contributed by atoms with E-state index in [1.807, 2.05) is 0 Å². The van der Waals surface area contributed by atoms with Gasteiger partial charge in [0.2, 0.25) is 5.78 Å². The zero-order chi connectivity index (χ0) is 10.0. The first-order valence-corrected chi connectivity index (χ1v) is 4.87. The predicted octanol–water partition coefficient (Wildman–Crippen LogP) is 1.33. The third kappa shape index (κ3) is 2.51. The van der Waals surface area contributed by atoms with Crippen molar-refractivity contribution in [1.29, 1.82) is 0 Å². The molecule has 72 valence electrons. The standard InChI is InChI=1S/C8H9ClO3S/c1-4(10)7(11)8(12)5-2-3-6(9)13-5/h2-4,7,10-11H,1H3. The molecule has 2 unspecified atom stereocenters. The van der Waals surface area contributed by atoms with Crippen LogP contribution in [-0.4, -0.2) is 28.2 Å². The van der Waals surface area contributed by atoms with E-state index in [-0.39, 0.29) is 0 Å². The normalized spacial score (nSPS) is 15.4. The van der Waals surface area contributed by atoms with Crippen LogP contribution in [0.2, 0.25) is 4.34 Å². The van der Waals surface area contributed by atoms with Crippen LogP contribution in [-0.2, 0) is 0 Å². The quantitative estimate of drug-likeness (QED) is 0.756. The fourth-order valence-corrected chi connectivity index (χ4v) is 1.83. The topological polar surface area (TPSA) is 57.5 Å². The summed E-state index contributed by atoms with van der Waals surface area (Å²) in [5.41, 5.74) is 0. The van der Waals surface area contributed by atoms with Crippen LogP contribution in [0.3, 0.4) is 0 Å². The van der Waals surface area contributed by atoms with Crippen molar-refractivity contribution in [3.63, 3.8) is 0 Å². The molecule has 2 N–H and O–H groups in total. The van der Waals surface area contributed by atoms with Gasteiger partial charge in [0.1, 0.15) is 6.10 Å². The van der Waals surface area contributed by atoms with E-state index in [0.717, 1.165) is 11.3 Å². The molecule has 13 heavy (non-hydrogen) atoms. The van der Waals surface area contributed by atoms with E-state index in [9.17, 15) is 9.90 Å². The molecule has 0 bridgehead atoms. The number of aliphatic hydroxyl groups excluding tert-OH is 2. The van der Waals surface area contributed by atoms with Gasteiger partial charge >= 0.3 is 0 Å². The molecule has 0 aliphatic heterocycles. The van der Waals surface area contributed by atoms with E-state index in [0.29, 0.717) is 9.21 Å². The number of carbonyl (C=O) groups excluding carboxylic acids is 1. The summed E-state index contributed by atoms with van der Waals surface area (Å²) in [5, 5.41) is 18.2. The number of Topliss-reactive ketones (excluding diaryl/α,β-unsaturated/α-hetero) is 1. The lowest BCUT2D eigenvalue weighted by molar-refractivity contribution is 0.0293. The average molecular weight is 221 g/mol. The third-order valence-corrected chi connectivity index (χ3v) is 2.79. The summed E-state index contributed by atoms with van der Waals surface area (Å²) in [6.07, 6.45) is -2.43. The van der Waals surface area contributed by atoms with Crippen LogP contribution in [0.5, 0.6) is 0 Å². The molecule has 0 aliphatic carbocycles. The predicted molar refractivity (Wildman–Crippen MR) is 51.3 cm³/mol. The molecule has 0 aromatic carbocycles. The van der Waals surface area contributed by atoms with Crippen LogP contribution < -0.4 is 0 Å². The molecule has 0 saturated heterocycles. The first kappa shape index (κ1) is 10.7. The smallest absolute Gasteiger partial charge is 0.203 e. The molecule has 1 rings (SSSR count). The molecule has 2 atom stereocenters. The van der Waals surface area contributed by atoms with Crippen molar-refractivity contribution >= 4 is 28.7 Å². The summed E-state index contributed by atoms with van der Waals surface area (Å²) in [7, 11) is 0. The van der Waals surface area contributed by atoms with Gasteiger partial charge in [0, 0.05) is 0 Å². The Morgan fingerprint density at radius 1 is 1.54 bits per heavy atom. The summed E-state index contributed by atoms with van der Waals surface area (Å²) in [6.45, 7) is 1.36. The molecule has 0 aliphatic rings. The maximum Gasteiger partial charge on any atom is 0.203 e. The van der Waals surface area contributed by atoms with Gasteiger partial charge in [-0.05, 0) is 19.1 Å². The van der Waals surface area contributed by atoms with Crippen molar-refractivity contribution in [2.24, 2.45) is 0 Å². The highest BCUT2D eigenvalue weighted by Crippen LogP contribution is 2.22. The maximum absolute atomic E-state index is 11.3. The average Bonchev–Trinajstić information content (AvgIpc) is 2.49. The zero-order valence-electron chi connectivity index (χ0n) is 6.90. The van der Waals surface area contributed by atoms with Crippen molar-refractivity contribution in [3.8, 4) is 0 Å². The Kier molecular flexibility index (Phi) is 3.44. The van der Waals surface area contributed by atoms with Crippen LogP contribution in [0.4, 0.5) is 0 Å². The van der Waals surface area contributed by atoms with Gasteiger partial charge in [-0.1, -0.05) is 11.6 Å². The minimum absolute atomic E-state index is 0.360. The fraction of sp³-hybridized carbons (Fsp3) is 0.375. The molecule has 0 spiro atoms. The Bertz CT molecular complexity index is 308. The Hall–Kier alpha value is -0.420. The minimum atomic E-state index is -1.37. The van der Waals surface area contributed by atoms with Crippen LogP contribution in [0.1, 0.15) is 16.6 Å². The van der Waals surface area contributed by atoms with E-state index in [1.54, 1.807) is 6.07 Å². The van der Waals surface area contributed by atoms with Crippen molar-refractivity contribution in [2.45, 2.75) is 19.1 Å². The second kappa shape index (κ2) is 4.19. The summed E-state index contributed by atoms with van der Waals surface area (Å²) in [4.78, 5) is 11.7. The van der Waals surface area contributed by atoms with E-state index >= 15 is 0 Å². The van der Waals surface area contributed by atoms with Crippen LogP contribution in [0, 0.1) is 0 Å². The Morgan fingerprint density at radius 2 is 2.15 bits per heavy atom. The Morgan fingerprint density at radius 3 is 2.54 bits per heavy atom. The number of thiophene rings is 1. The van der Waals surface area contributed by atoms with E-state index < -0.39 is 18.0 Å². The number of ketones is 1. The number of halogens is 1. The summed E-state index contributed by atoms with van der Waals surface area (Å²) in [5.74, 6) is -0.494. The lowest BCUT2D eigenvalue weighted by atomic mass is 10.1. The lowest BCUT2D eigenvalue weighted by Gasteiger charge is -2.10. The monoisotopic (exact) mass is 220 g/mol. The van der Waals surface area contributed by atoms with Gasteiger partial charge in [0.05, 0.1) is 15.3 Å². The minimum Gasteiger partial charge on any atom is -0.390 e. The fourth-order valence-electron chi connectivity index (χ4n) is 0.812. The number of carbonyl (C=O) groups is 1. The Labute approximate surface area is 84.6 Å². The molecular formula is C8H9ClO3S. The van der Waals surface area contributed by atoms with Crippen molar-refractivity contribution in [3.05, 3.63) is 21.3 Å². The van der Waals surface area contributed by atoms with Gasteiger partial charge < -0.3 is 10.2 Å². The molecule has 1 aromatic rings. The SMILES string of the molecule is CC(O)C(O)C(=O)c1ccc(Cl)s1. The summed E-state index contributed by atoms with van der Waals surface area (Å²) < 4.78 is 0.487. The van der Waals surface area contributed by atoms with Gasteiger partial charge in [-0.15, -0.1) is 11.3 Å². The van der Waals surface area contributed by atoms with Crippen molar-refractivity contribution in [2.75, 3.05) is 0 Å². The van der Waals surface area contributed by atoms with Gasteiger partial charge in [-0.25, -0.2) is 0 Å². The molecule has 1 aromatic heterocycles. The van der Waals surface area contributed by atoms with Gasteiger partial charge in [0.15, 0.2) is 0 Å². The second-order valence-corrected chi connectivity index (χ2v) is 4.37. The first-order valence-electron chi connectivity index (χ1n) is 3.68. The van der Waals surface area contributed by atoms with Gasteiger partial charge in [-0.3, -0.25) is 4.79 Å². The molecule has 0 radical (unpaired) electrons. The van der Waals surface area contributed by atoms with Crippen LogP contribution >= 0.6 is 22.9 Å². The van der Waals surface area contributed by atoms with Gasteiger partial charge in [0.25, 0.3) is 0 Å². The number of hydrogen-bond acceptors (Lipinski definition) is 4. The molecule has 1 heterocycles. The zero-order valence-corrected chi connectivity index (χ0v) is 8.47. The number of hydrogen-bond donors (Lipinski definition) is 2. The molecule has 0 fully saturated rings. The van der Waals surface area contributed by atoms with E-state index in [1.165, 1.54) is 13.0 Å². The molecule has 3 nitrogen and oxygen atoms in total. The lowest BCUT2D eigenvalue weighted by Crippen LogP contribution is -2.31. The first-order chi connectivity index (χ1) is 6.02. The second-order valence-electron chi connectivity index (χ2n) is 2.65.